The summed E-state index contributed by atoms with van der Waals surface area (Å²) in [5.74, 6) is 2.50. The summed E-state index contributed by atoms with van der Waals surface area (Å²) in [5, 5.41) is 7.07. The van der Waals surface area contributed by atoms with Gasteiger partial charge in [0.2, 0.25) is 6.23 Å². The average molecular weight is 465 g/mol. The summed E-state index contributed by atoms with van der Waals surface area (Å²) in [6.45, 7) is 0. The van der Waals surface area contributed by atoms with Crippen LogP contribution in [-0.2, 0) is 0 Å². The maximum atomic E-state index is 6.45. The Kier molecular flexibility index (Phi) is 4.87. The van der Waals surface area contributed by atoms with Gasteiger partial charge < -0.3 is 14.2 Å². The van der Waals surface area contributed by atoms with E-state index in [1.807, 2.05) is 48.5 Å². The van der Waals surface area contributed by atoms with E-state index < -0.39 is 0 Å². The molecule has 2 atom stereocenters. The molecule has 0 unspecified atom stereocenters. The van der Waals surface area contributed by atoms with Crippen LogP contribution in [0.2, 0.25) is 0 Å². The summed E-state index contributed by atoms with van der Waals surface area (Å²) in [7, 11) is 3.35. The van der Waals surface area contributed by atoms with Crippen LogP contribution in [0.5, 0.6) is 17.2 Å². The molecule has 0 aliphatic carbocycles. The van der Waals surface area contributed by atoms with Gasteiger partial charge in [0.05, 0.1) is 31.5 Å². The fourth-order valence-electron chi connectivity index (χ4n) is 4.09. The van der Waals surface area contributed by atoms with Crippen molar-refractivity contribution in [1.82, 2.24) is 5.01 Å². The fraction of sp³-hybridized carbons (Fsp3) is 0.208. The van der Waals surface area contributed by atoms with E-state index in [0.29, 0.717) is 0 Å². The highest BCUT2D eigenvalue weighted by Gasteiger charge is 2.42. The second kappa shape index (κ2) is 7.69. The van der Waals surface area contributed by atoms with Crippen LogP contribution in [0.25, 0.3) is 0 Å². The number of hydrogen-bond acceptors (Lipinski definition) is 5. The van der Waals surface area contributed by atoms with Crippen LogP contribution >= 0.6 is 15.9 Å². The maximum Gasteiger partial charge on any atom is 0.217 e. The lowest BCUT2D eigenvalue weighted by Gasteiger charge is -2.38. The van der Waals surface area contributed by atoms with Crippen molar-refractivity contribution < 1.29 is 14.2 Å². The number of nitrogens with zero attached hydrogens (tertiary/aromatic N) is 2. The van der Waals surface area contributed by atoms with E-state index in [2.05, 4.69) is 39.1 Å². The zero-order valence-corrected chi connectivity index (χ0v) is 18.3. The summed E-state index contributed by atoms with van der Waals surface area (Å²) in [6, 6.07) is 22.2. The Balaban J connectivity index is 1.60. The van der Waals surface area contributed by atoms with Crippen molar-refractivity contribution in [2.75, 3.05) is 14.2 Å². The minimum atomic E-state index is -0.365. The molecule has 0 amide bonds. The molecule has 30 heavy (non-hydrogen) atoms. The number of hydrazone groups is 1. The highest BCUT2D eigenvalue weighted by Crippen LogP contribution is 2.49. The van der Waals surface area contributed by atoms with E-state index in [1.54, 1.807) is 14.2 Å². The van der Waals surface area contributed by atoms with Crippen molar-refractivity contribution in [2.24, 2.45) is 5.10 Å². The third kappa shape index (κ3) is 3.21. The van der Waals surface area contributed by atoms with Crippen molar-refractivity contribution in [3.63, 3.8) is 0 Å². The zero-order valence-electron chi connectivity index (χ0n) is 16.7. The van der Waals surface area contributed by atoms with Crippen molar-refractivity contribution in [2.45, 2.75) is 18.7 Å². The molecule has 152 valence electrons. The van der Waals surface area contributed by atoms with Crippen LogP contribution < -0.4 is 14.2 Å². The summed E-state index contributed by atoms with van der Waals surface area (Å²) in [5.41, 5.74) is 4.19. The van der Waals surface area contributed by atoms with Gasteiger partial charge in [-0.15, -0.1) is 0 Å². The lowest BCUT2D eigenvalue weighted by atomic mass is 9.96. The van der Waals surface area contributed by atoms with E-state index in [9.17, 15) is 0 Å². The number of halogens is 1. The topological polar surface area (TPSA) is 43.3 Å². The average Bonchev–Trinajstić information content (AvgIpc) is 3.24. The fourth-order valence-corrected chi connectivity index (χ4v) is 4.47. The minimum absolute atomic E-state index is 0.0817. The Morgan fingerprint density at radius 2 is 1.77 bits per heavy atom. The van der Waals surface area contributed by atoms with E-state index in [1.165, 1.54) is 0 Å². The van der Waals surface area contributed by atoms with Crippen molar-refractivity contribution >= 4 is 21.6 Å². The number of hydrogen-bond donors (Lipinski definition) is 0. The van der Waals surface area contributed by atoms with Crippen molar-refractivity contribution in [1.29, 1.82) is 0 Å². The lowest BCUT2D eigenvalue weighted by Crippen LogP contribution is -2.34. The summed E-state index contributed by atoms with van der Waals surface area (Å²) < 4.78 is 18.4. The Bertz CT molecular complexity index is 1110. The van der Waals surface area contributed by atoms with Crippen LogP contribution in [0.4, 0.5) is 0 Å². The summed E-state index contributed by atoms with van der Waals surface area (Å²) in [4.78, 5) is 0. The molecule has 0 spiro atoms. The normalized spacial score (nSPS) is 19.4. The first-order valence-electron chi connectivity index (χ1n) is 9.77. The Hall–Kier alpha value is -2.99. The molecule has 5 nitrogen and oxygen atoms in total. The van der Waals surface area contributed by atoms with Gasteiger partial charge in [-0.3, -0.25) is 0 Å². The predicted octanol–water partition coefficient (Wildman–Crippen LogP) is 5.71. The number of methoxy groups -OCH3 is 2. The van der Waals surface area contributed by atoms with Crippen molar-refractivity contribution in [3.8, 4) is 17.2 Å². The van der Waals surface area contributed by atoms with Gasteiger partial charge in [-0.05, 0) is 60.2 Å². The van der Waals surface area contributed by atoms with Gasteiger partial charge in [0.25, 0.3) is 0 Å². The van der Waals surface area contributed by atoms with Gasteiger partial charge in [0, 0.05) is 16.5 Å². The molecule has 2 aliphatic rings. The minimum Gasteiger partial charge on any atom is -0.497 e. The first-order chi connectivity index (χ1) is 14.7. The highest BCUT2D eigenvalue weighted by molar-refractivity contribution is 9.10. The molecule has 0 aromatic heterocycles. The van der Waals surface area contributed by atoms with E-state index in [0.717, 1.165) is 50.5 Å². The number of para-hydroxylation sites is 1. The van der Waals surface area contributed by atoms with Crippen molar-refractivity contribution in [3.05, 3.63) is 87.9 Å². The number of fused-ring (bicyclic) bond motifs is 3. The first-order valence-corrected chi connectivity index (χ1v) is 10.6. The molecule has 5 rings (SSSR count). The molecule has 3 aromatic carbocycles. The molecule has 0 saturated carbocycles. The predicted molar refractivity (Wildman–Crippen MR) is 119 cm³/mol. The molecule has 0 bridgehead atoms. The summed E-state index contributed by atoms with van der Waals surface area (Å²) >= 11 is 3.60. The quantitative estimate of drug-likeness (QED) is 0.495. The molecule has 0 saturated heterocycles. The third-order valence-electron chi connectivity index (χ3n) is 5.58. The SMILES string of the molecule is COc1ccc(C2=NN3[C@@H](c4ccccc4OC)Oc4ccc(Br)cc4[C@@H]3C2)cc1. The van der Waals surface area contributed by atoms with Gasteiger partial charge in [0.1, 0.15) is 17.2 Å². The molecule has 0 fully saturated rings. The lowest BCUT2D eigenvalue weighted by molar-refractivity contribution is -0.0203. The van der Waals surface area contributed by atoms with Gasteiger partial charge >= 0.3 is 0 Å². The molecular formula is C24H21BrN2O3. The largest absolute Gasteiger partial charge is 0.497 e. The summed E-state index contributed by atoms with van der Waals surface area (Å²) in [6.07, 6.45) is 0.431. The van der Waals surface area contributed by atoms with Crippen LogP contribution in [-0.4, -0.2) is 24.9 Å². The molecule has 2 aliphatic heterocycles. The molecule has 0 radical (unpaired) electrons. The van der Waals surface area contributed by atoms with Gasteiger partial charge in [0.15, 0.2) is 0 Å². The number of rotatable bonds is 4. The third-order valence-corrected chi connectivity index (χ3v) is 6.07. The van der Waals surface area contributed by atoms with Gasteiger partial charge in [-0.1, -0.05) is 28.1 Å². The van der Waals surface area contributed by atoms with Crippen LogP contribution in [0.3, 0.4) is 0 Å². The molecule has 6 heteroatoms. The maximum absolute atomic E-state index is 6.45. The highest BCUT2D eigenvalue weighted by atomic mass is 79.9. The smallest absolute Gasteiger partial charge is 0.217 e. The Morgan fingerprint density at radius 3 is 2.53 bits per heavy atom. The second-order valence-corrected chi connectivity index (χ2v) is 8.19. The number of ether oxygens (including phenoxy) is 3. The van der Waals surface area contributed by atoms with E-state index >= 15 is 0 Å². The first kappa shape index (κ1) is 19.0. The van der Waals surface area contributed by atoms with E-state index in [4.69, 9.17) is 19.3 Å². The molecular weight excluding hydrogens is 444 g/mol. The second-order valence-electron chi connectivity index (χ2n) is 7.27. The molecule has 2 heterocycles. The Labute approximate surface area is 184 Å². The van der Waals surface area contributed by atoms with Crippen LogP contribution in [0.1, 0.15) is 35.4 Å². The van der Waals surface area contributed by atoms with Gasteiger partial charge in [-0.25, -0.2) is 5.01 Å². The monoisotopic (exact) mass is 464 g/mol. The molecule has 3 aromatic rings. The van der Waals surface area contributed by atoms with Gasteiger partial charge in [-0.2, -0.15) is 5.10 Å². The van der Waals surface area contributed by atoms with Crippen LogP contribution in [0.15, 0.2) is 76.3 Å². The van der Waals surface area contributed by atoms with E-state index in [-0.39, 0.29) is 12.3 Å². The molecule has 0 N–H and O–H groups in total. The number of benzene rings is 3. The zero-order chi connectivity index (χ0) is 20.7. The Morgan fingerprint density at radius 1 is 0.967 bits per heavy atom. The van der Waals surface area contributed by atoms with Crippen LogP contribution in [0, 0.1) is 0 Å². The standard InChI is InChI=1S/C24H21BrN2O3/c1-28-17-10-7-15(8-11-17)20-14-21-19-13-16(25)9-12-23(19)30-24(27(21)26-20)18-5-3-4-6-22(18)29-2/h3-13,21,24H,14H2,1-2H3/t21-,24+/m0/s1.